The molecule has 0 radical (unpaired) electrons. The van der Waals surface area contributed by atoms with Crippen LogP contribution in [0.1, 0.15) is 13.8 Å². The zero-order valence-corrected chi connectivity index (χ0v) is 12.2. The molecule has 0 saturated heterocycles. The minimum absolute atomic E-state index is 0.0663. The number of aliphatic hydroxyl groups is 1. The molecule has 0 aromatic rings. The third kappa shape index (κ3) is 5.99. The first-order valence-electron chi connectivity index (χ1n) is 4.95. The molecule has 0 amide bonds. The highest BCUT2D eigenvalue weighted by Crippen LogP contribution is 2.47. The Balaban J connectivity index is 3.94. The lowest BCUT2D eigenvalue weighted by molar-refractivity contribution is -0.119. The van der Waals surface area contributed by atoms with Gasteiger partial charge in [0.15, 0.2) is 5.12 Å². The van der Waals surface area contributed by atoms with E-state index in [1.54, 1.807) is 13.8 Å². The molecule has 0 spiro atoms. The molecule has 0 aliphatic heterocycles. The summed E-state index contributed by atoms with van der Waals surface area (Å²) in [4.78, 5) is 11.6. The number of hydrogen-bond acceptors (Lipinski definition) is 7. The lowest BCUT2D eigenvalue weighted by atomic mass is 9.97. The number of hydrogen-bond donors (Lipinski definition) is 1. The first kappa shape index (κ1) is 17.1. The van der Waals surface area contributed by atoms with Crippen LogP contribution in [0, 0.1) is 5.41 Å². The van der Waals surface area contributed by atoms with Crippen LogP contribution >= 0.6 is 19.6 Å². The Labute approximate surface area is 106 Å². The van der Waals surface area contributed by atoms with Gasteiger partial charge >= 0.3 is 7.82 Å². The van der Waals surface area contributed by atoms with Crippen LogP contribution < -0.4 is 0 Å². The summed E-state index contributed by atoms with van der Waals surface area (Å²) in [6.45, 7) is 3.15. The smallest absolute Gasteiger partial charge is 0.395 e. The Bertz CT molecular complexity index is 285. The standard InChI is InChI=1S/C9H19O6PS/c1-9(2,7-10)8(11)17-6-5-15-16(12,13-3)14-4/h10H,5-7H2,1-4H3. The lowest BCUT2D eigenvalue weighted by Crippen LogP contribution is -2.26. The number of phosphoric acid groups is 1. The van der Waals surface area contributed by atoms with Crippen molar-refractivity contribution < 1.29 is 28.0 Å². The largest absolute Gasteiger partial charge is 0.474 e. The minimum Gasteiger partial charge on any atom is -0.395 e. The first-order chi connectivity index (χ1) is 7.81. The number of aliphatic hydroxyl groups excluding tert-OH is 1. The lowest BCUT2D eigenvalue weighted by Gasteiger charge is -2.19. The fraction of sp³-hybridized carbons (Fsp3) is 0.889. The highest BCUT2D eigenvalue weighted by atomic mass is 32.2. The van der Waals surface area contributed by atoms with Crippen LogP contribution in [0.4, 0.5) is 0 Å². The summed E-state index contributed by atoms with van der Waals surface area (Å²) in [5, 5.41) is 8.83. The maximum absolute atomic E-state index is 11.6. The molecule has 0 heterocycles. The van der Waals surface area contributed by atoms with Crippen molar-refractivity contribution in [1.82, 2.24) is 0 Å². The molecule has 0 rings (SSSR count). The molecular weight excluding hydrogens is 267 g/mol. The molecule has 0 aromatic carbocycles. The number of thioether (sulfide) groups is 1. The number of carbonyl (C=O) groups excluding carboxylic acids is 1. The zero-order valence-electron chi connectivity index (χ0n) is 10.5. The van der Waals surface area contributed by atoms with Crippen LogP contribution in [0.2, 0.25) is 0 Å². The second kappa shape index (κ2) is 7.51. The SMILES string of the molecule is COP(=O)(OC)OCCSC(=O)C(C)(C)CO. The van der Waals surface area contributed by atoms with E-state index in [-0.39, 0.29) is 18.3 Å². The van der Waals surface area contributed by atoms with Gasteiger partial charge in [-0.2, -0.15) is 0 Å². The highest BCUT2D eigenvalue weighted by Gasteiger charge is 2.27. The van der Waals surface area contributed by atoms with Crippen molar-refractivity contribution in [1.29, 1.82) is 0 Å². The first-order valence-corrected chi connectivity index (χ1v) is 7.40. The maximum Gasteiger partial charge on any atom is 0.474 e. The molecule has 0 fully saturated rings. The number of phosphoric ester groups is 1. The predicted octanol–water partition coefficient (Wildman–Crippen LogP) is 1.68. The van der Waals surface area contributed by atoms with E-state index in [0.717, 1.165) is 11.8 Å². The van der Waals surface area contributed by atoms with Crippen molar-refractivity contribution in [3.8, 4) is 0 Å². The van der Waals surface area contributed by atoms with Crippen LogP contribution in [0.3, 0.4) is 0 Å². The van der Waals surface area contributed by atoms with Crippen LogP contribution in [0.15, 0.2) is 0 Å². The molecule has 0 atom stereocenters. The molecular formula is C9H19O6PS. The van der Waals surface area contributed by atoms with E-state index in [2.05, 4.69) is 9.05 Å². The molecule has 0 saturated carbocycles. The molecule has 0 unspecified atom stereocenters. The van der Waals surface area contributed by atoms with Gasteiger partial charge < -0.3 is 5.11 Å². The van der Waals surface area contributed by atoms with Gasteiger partial charge in [0.2, 0.25) is 0 Å². The second-order valence-electron chi connectivity index (χ2n) is 3.82. The molecule has 6 nitrogen and oxygen atoms in total. The quantitative estimate of drug-likeness (QED) is 0.537. The topological polar surface area (TPSA) is 82.1 Å². The predicted molar refractivity (Wildman–Crippen MR) is 65.9 cm³/mol. The monoisotopic (exact) mass is 286 g/mol. The molecule has 8 heteroatoms. The van der Waals surface area contributed by atoms with Crippen molar-refractivity contribution in [3.63, 3.8) is 0 Å². The summed E-state index contributed by atoms with van der Waals surface area (Å²) in [6.07, 6.45) is 0. The zero-order chi connectivity index (χ0) is 13.5. The second-order valence-corrected chi connectivity index (χ2v) is 6.77. The average Bonchev–Trinajstić information content (AvgIpc) is 2.33. The summed E-state index contributed by atoms with van der Waals surface area (Å²) in [6, 6.07) is 0. The van der Waals surface area contributed by atoms with Gasteiger partial charge in [-0.25, -0.2) is 4.57 Å². The van der Waals surface area contributed by atoms with E-state index >= 15 is 0 Å². The van der Waals surface area contributed by atoms with Crippen LogP contribution in [0.5, 0.6) is 0 Å². The van der Waals surface area contributed by atoms with Gasteiger partial charge in [0.1, 0.15) is 0 Å². The summed E-state index contributed by atoms with van der Waals surface area (Å²) in [5.74, 6) is 0.318. The van der Waals surface area contributed by atoms with E-state index < -0.39 is 13.2 Å². The molecule has 102 valence electrons. The third-order valence-corrected chi connectivity index (χ3v) is 4.54. The number of carbonyl (C=O) groups is 1. The molecule has 0 aliphatic carbocycles. The van der Waals surface area contributed by atoms with Gasteiger partial charge in [0.05, 0.1) is 18.6 Å². The van der Waals surface area contributed by atoms with Gasteiger partial charge in [-0.05, 0) is 13.8 Å². The van der Waals surface area contributed by atoms with Crippen molar-refractivity contribution in [3.05, 3.63) is 0 Å². The van der Waals surface area contributed by atoms with Crippen molar-refractivity contribution in [2.45, 2.75) is 13.8 Å². The molecule has 17 heavy (non-hydrogen) atoms. The van der Waals surface area contributed by atoms with Crippen LogP contribution in [0.25, 0.3) is 0 Å². The Hall–Kier alpha value is 0.0900. The van der Waals surface area contributed by atoms with Crippen LogP contribution in [-0.2, 0) is 22.9 Å². The van der Waals surface area contributed by atoms with E-state index in [1.165, 1.54) is 14.2 Å². The molecule has 0 bridgehead atoms. The van der Waals surface area contributed by atoms with Crippen LogP contribution in [-0.4, -0.2) is 43.4 Å². The Morgan fingerprint density at radius 2 is 1.88 bits per heavy atom. The van der Waals surface area contributed by atoms with Gasteiger partial charge in [0.25, 0.3) is 0 Å². The Morgan fingerprint density at radius 3 is 2.29 bits per heavy atom. The van der Waals surface area contributed by atoms with Gasteiger partial charge in [-0.3, -0.25) is 18.4 Å². The van der Waals surface area contributed by atoms with E-state index in [4.69, 9.17) is 9.63 Å². The van der Waals surface area contributed by atoms with Gasteiger partial charge in [0, 0.05) is 20.0 Å². The maximum atomic E-state index is 11.6. The summed E-state index contributed by atoms with van der Waals surface area (Å²) < 4.78 is 25.5. The summed E-state index contributed by atoms with van der Waals surface area (Å²) >= 11 is 1.01. The summed E-state index contributed by atoms with van der Waals surface area (Å²) in [7, 11) is -1.02. The third-order valence-electron chi connectivity index (χ3n) is 1.96. The van der Waals surface area contributed by atoms with Gasteiger partial charge in [-0.15, -0.1) is 0 Å². The molecule has 1 N–H and O–H groups in total. The van der Waals surface area contributed by atoms with Crippen molar-refractivity contribution >= 4 is 24.7 Å². The fourth-order valence-corrected chi connectivity index (χ4v) is 2.33. The van der Waals surface area contributed by atoms with E-state index in [0.29, 0.717) is 5.75 Å². The Morgan fingerprint density at radius 1 is 1.35 bits per heavy atom. The van der Waals surface area contributed by atoms with Gasteiger partial charge in [-0.1, -0.05) is 11.8 Å². The Kier molecular flexibility index (Phi) is 7.55. The highest BCUT2D eigenvalue weighted by molar-refractivity contribution is 8.13. The van der Waals surface area contributed by atoms with Crippen molar-refractivity contribution in [2.24, 2.45) is 5.41 Å². The molecule has 0 aromatic heterocycles. The minimum atomic E-state index is -3.46. The van der Waals surface area contributed by atoms with Crippen molar-refractivity contribution in [2.75, 3.05) is 33.2 Å². The fourth-order valence-electron chi connectivity index (χ4n) is 0.723. The normalized spacial score (nSPS) is 12.8. The van der Waals surface area contributed by atoms with E-state index in [9.17, 15) is 9.36 Å². The molecule has 0 aliphatic rings. The summed E-state index contributed by atoms with van der Waals surface area (Å²) in [5.41, 5.74) is -0.781. The average molecular weight is 286 g/mol. The van der Waals surface area contributed by atoms with E-state index in [1.807, 2.05) is 0 Å². The number of rotatable bonds is 8.